The van der Waals surface area contributed by atoms with Crippen molar-refractivity contribution in [1.82, 2.24) is 0 Å². The van der Waals surface area contributed by atoms with Crippen LogP contribution in [0.2, 0.25) is 0 Å². The molecule has 0 aromatic rings. The van der Waals surface area contributed by atoms with Crippen molar-refractivity contribution in [2.24, 2.45) is 0 Å². The molecule has 0 aliphatic rings. The Morgan fingerprint density at radius 3 is 1.30 bits per heavy atom. The van der Waals surface area contributed by atoms with Gasteiger partial charge in [-0.25, -0.2) is 4.79 Å². The quantitative estimate of drug-likeness (QED) is 0.329. The van der Waals surface area contributed by atoms with Crippen molar-refractivity contribution < 1.29 is 29.7 Å². The molecular formula is C13H20CaO6. The molecule has 0 aromatic heterocycles. The number of carbonyl (C=O) groups is 3. The molecule has 6 nitrogen and oxygen atoms in total. The van der Waals surface area contributed by atoms with Gasteiger partial charge < -0.3 is 24.9 Å². The fourth-order valence-electron chi connectivity index (χ4n) is 1.25. The van der Waals surface area contributed by atoms with Crippen LogP contribution in [0, 0.1) is 0 Å². The molecule has 0 saturated carbocycles. The maximum atomic E-state index is 10.0. The summed E-state index contributed by atoms with van der Waals surface area (Å²) in [5, 5.41) is 27.7. The fraction of sp³-hybridized carbons (Fsp3) is 0.615. The molecule has 0 aliphatic carbocycles. The zero-order valence-corrected chi connectivity index (χ0v) is 13.8. The average Bonchev–Trinajstić information content (AvgIpc) is 2.32. The molecule has 0 bridgehead atoms. The Labute approximate surface area is 148 Å². The first-order valence-corrected chi connectivity index (χ1v) is 6.15. The Hall–Kier alpha value is -0.590. The minimum absolute atomic E-state index is 0. The smallest absolute Gasteiger partial charge is 0.550 e. The molecule has 110 valence electrons. The van der Waals surface area contributed by atoms with Gasteiger partial charge in [-0.3, -0.25) is 0 Å². The molecule has 0 heterocycles. The van der Waals surface area contributed by atoms with Crippen molar-refractivity contribution in [3.8, 4) is 0 Å². The van der Waals surface area contributed by atoms with E-state index in [1.807, 2.05) is 0 Å². The van der Waals surface area contributed by atoms with Crippen molar-refractivity contribution in [2.75, 3.05) is 0 Å². The molecule has 20 heavy (non-hydrogen) atoms. The first-order valence-electron chi connectivity index (χ1n) is 6.15. The minimum atomic E-state index is -0.998. The van der Waals surface area contributed by atoms with Crippen LogP contribution in [0.25, 0.3) is 0 Å². The Morgan fingerprint density at radius 1 is 0.850 bits per heavy atom. The average molecular weight is 312 g/mol. The van der Waals surface area contributed by atoms with Crippen LogP contribution in [0.15, 0.2) is 12.7 Å². The summed E-state index contributed by atoms with van der Waals surface area (Å²) >= 11 is 0. The number of carbonyl (C=O) groups excluding carboxylic acids is 2. The third-order valence-corrected chi connectivity index (χ3v) is 2.19. The second-order valence-corrected chi connectivity index (χ2v) is 3.91. The summed E-state index contributed by atoms with van der Waals surface area (Å²) < 4.78 is 0. The molecule has 0 atom stereocenters. The minimum Gasteiger partial charge on any atom is -0.550 e. The molecule has 0 fully saturated rings. The van der Waals surface area contributed by atoms with Gasteiger partial charge in [-0.05, 0) is 25.7 Å². The Bertz CT molecular complexity index is 271. The largest absolute Gasteiger partial charge is 2.00 e. The van der Waals surface area contributed by atoms with Crippen molar-refractivity contribution in [3.63, 3.8) is 0 Å². The monoisotopic (exact) mass is 312 g/mol. The molecule has 0 aromatic carbocycles. The molecule has 1 N–H and O–H groups in total. The fourth-order valence-corrected chi connectivity index (χ4v) is 1.25. The topological polar surface area (TPSA) is 118 Å². The van der Waals surface area contributed by atoms with E-state index in [2.05, 4.69) is 6.58 Å². The number of carboxylic acid groups (broad SMARTS) is 3. The molecule has 0 aliphatic heterocycles. The van der Waals surface area contributed by atoms with Crippen LogP contribution in [0.3, 0.4) is 0 Å². The standard InChI is InChI=1S/C10H18O4.C3H4O2.Ca/c11-9(12)7-5-3-1-2-4-6-8-10(13)14;1-2-3(4)5;/h1-8H2,(H,11,12)(H,13,14);2H,1H2,(H,4,5);/q;;+2/p-2. The van der Waals surface area contributed by atoms with Gasteiger partial charge in [-0.1, -0.05) is 32.3 Å². The summed E-state index contributed by atoms with van der Waals surface area (Å²) in [7, 11) is 0. The summed E-state index contributed by atoms with van der Waals surface area (Å²) in [5.41, 5.74) is 0. The molecule has 0 saturated heterocycles. The zero-order valence-electron chi connectivity index (χ0n) is 11.6. The van der Waals surface area contributed by atoms with Crippen molar-refractivity contribution >= 4 is 55.6 Å². The first kappa shape index (κ1) is 24.4. The predicted molar refractivity (Wildman–Crippen MR) is 70.5 cm³/mol. The summed E-state index contributed by atoms with van der Waals surface area (Å²) in [6.45, 7) is 2.96. The summed E-state index contributed by atoms with van der Waals surface area (Å²) in [5.74, 6) is -2.98. The molecule has 0 spiro atoms. The van der Waals surface area contributed by atoms with Gasteiger partial charge in [-0.2, -0.15) is 0 Å². The third-order valence-electron chi connectivity index (χ3n) is 2.19. The molecule has 0 amide bonds. The van der Waals surface area contributed by atoms with Crippen molar-refractivity contribution in [2.45, 2.75) is 51.4 Å². The maximum Gasteiger partial charge on any atom is 2.00 e. The van der Waals surface area contributed by atoms with E-state index in [-0.39, 0.29) is 50.6 Å². The number of hydrogen-bond acceptors (Lipinski definition) is 5. The van der Waals surface area contributed by atoms with Crippen molar-refractivity contribution in [3.05, 3.63) is 12.7 Å². The molecule has 0 rings (SSSR count). The summed E-state index contributed by atoms with van der Waals surface area (Å²) in [6.07, 6.45) is 6.06. The summed E-state index contributed by atoms with van der Waals surface area (Å²) in [6, 6.07) is 0. The van der Waals surface area contributed by atoms with Gasteiger partial charge in [0.05, 0.1) is 0 Å². The Balaban J connectivity index is -0.000000414. The van der Waals surface area contributed by atoms with Gasteiger partial charge in [0.1, 0.15) is 0 Å². The van der Waals surface area contributed by atoms with E-state index < -0.39 is 17.9 Å². The molecule has 7 heteroatoms. The van der Waals surface area contributed by atoms with E-state index in [0.29, 0.717) is 12.8 Å². The van der Waals surface area contributed by atoms with E-state index in [1.165, 1.54) is 0 Å². The SMILES string of the molecule is C=CC(=O)O.O=C([O-])CCCCCCCCC(=O)[O-].[Ca+2]. The third kappa shape index (κ3) is 30.4. The number of rotatable bonds is 10. The van der Waals surface area contributed by atoms with E-state index in [1.54, 1.807) is 0 Å². The summed E-state index contributed by atoms with van der Waals surface area (Å²) in [4.78, 5) is 29.3. The molecular weight excluding hydrogens is 292 g/mol. The normalized spacial score (nSPS) is 8.60. The van der Waals surface area contributed by atoms with Gasteiger partial charge in [0.25, 0.3) is 0 Å². The van der Waals surface area contributed by atoms with Gasteiger partial charge in [-0.15, -0.1) is 0 Å². The van der Waals surface area contributed by atoms with Crippen LogP contribution in [0.1, 0.15) is 51.4 Å². The van der Waals surface area contributed by atoms with Crippen LogP contribution in [-0.4, -0.2) is 60.8 Å². The molecule has 0 radical (unpaired) electrons. The second kappa shape index (κ2) is 18.4. The zero-order chi connectivity index (χ0) is 15.1. The van der Waals surface area contributed by atoms with Crippen LogP contribution in [0.4, 0.5) is 0 Å². The Kier molecular flexibility index (Phi) is 22.5. The van der Waals surface area contributed by atoms with Gasteiger partial charge in [0, 0.05) is 18.0 Å². The maximum absolute atomic E-state index is 10.0. The van der Waals surface area contributed by atoms with Crippen LogP contribution in [0.5, 0.6) is 0 Å². The van der Waals surface area contributed by atoms with Gasteiger partial charge in [0.15, 0.2) is 0 Å². The second-order valence-electron chi connectivity index (χ2n) is 3.91. The molecule has 0 unspecified atom stereocenters. The number of hydrogen-bond donors (Lipinski definition) is 1. The predicted octanol–water partition coefficient (Wildman–Crippen LogP) is -0.517. The van der Waals surface area contributed by atoms with Crippen LogP contribution in [-0.2, 0) is 14.4 Å². The first-order chi connectivity index (χ1) is 8.90. The van der Waals surface area contributed by atoms with E-state index in [4.69, 9.17) is 5.11 Å². The van der Waals surface area contributed by atoms with Crippen molar-refractivity contribution in [1.29, 1.82) is 0 Å². The van der Waals surface area contributed by atoms with E-state index >= 15 is 0 Å². The van der Waals surface area contributed by atoms with Crippen LogP contribution < -0.4 is 10.2 Å². The number of aliphatic carboxylic acids is 3. The number of carboxylic acids is 3. The van der Waals surface area contributed by atoms with E-state index in [9.17, 15) is 24.6 Å². The van der Waals surface area contributed by atoms with Gasteiger partial charge in [0.2, 0.25) is 0 Å². The Morgan fingerprint density at radius 2 is 1.10 bits per heavy atom. The van der Waals surface area contributed by atoms with E-state index in [0.717, 1.165) is 31.8 Å². The number of unbranched alkanes of at least 4 members (excludes halogenated alkanes) is 5. The van der Waals surface area contributed by atoms with Crippen LogP contribution >= 0.6 is 0 Å². The van der Waals surface area contributed by atoms with Gasteiger partial charge >= 0.3 is 43.7 Å².